The molecular formula is C16H15ClFNO6S. The van der Waals surface area contributed by atoms with E-state index in [1.54, 1.807) is 0 Å². The van der Waals surface area contributed by atoms with Crippen molar-refractivity contribution in [1.82, 2.24) is 0 Å². The number of nitrogens with two attached hydrogens (primary N) is 1. The summed E-state index contributed by atoms with van der Waals surface area (Å²) < 4.78 is 55.4. The van der Waals surface area contributed by atoms with E-state index in [4.69, 9.17) is 26.6 Å². The summed E-state index contributed by atoms with van der Waals surface area (Å²) in [6.07, 6.45) is -0.215. The number of hydrogen-bond acceptors (Lipinski definition) is 6. The third-order valence-electron chi connectivity index (χ3n) is 4.11. The Kier molecular flexibility index (Phi) is 4.74. The zero-order chi connectivity index (χ0) is 19.2. The van der Waals surface area contributed by atoms with Crippen LogP contribution in [0.4, 0.5) is 4.39 Å². The normalized spacial score (nSPS) is 16.3. The summed E-state index contributed by atoms with van der Waals surface area (Å²) in [5, 5.41) is 10.2. The minimum atomic E-state index is -4.76. The summed E-state index contributed by atoms with van der Waals surface area (Å²) in [6.45, 7) is 1.65. The molecule has 0 amide bonds. The van der Waals surface area contributed by atoms with Crippen LogP contribution in [0.5, 0.6) is 17.2 Å². The van der Waals surface area contributed by atoms with Crippen LogP contribution in [0.3, 0.4) is 0 Å². The molecule has 26 heavy (non-hydrogen) atoms. The van der Waals surface area contributed by atoms with E-state index >= 15 is 0 Å². The average molecular weight is 404 g/mol. The quantitative estimate of drug-likeness (QED) is 0.671. The molecule has 1 aliphatic heterocycles. The minimum Gasteiger partial charge on any atom is -0.505 e. The standard InChI is InChI=1S/C16H15ClFNO6S/c1-7-13(25-26(21,22)23)3-2-11(17)14(7)9-5-12(18)15(20)10-4-8(6-19)24-16(9)10/h2-3,5,8,20H,4,6,19H2,1H3,(H,21,22,23). The lowest BCUT2D eigenvalue weighted by molar-refractivity contribution is 0.242. The summed E-state index contributed by atoms with van der Waals surface area (Å²) in [4.78, 5) is 0. The van der Waals surface area contributed by atoms with Gasteiger partial charge < -0.3 is 19.8 Å². The predicted octanol–water partition coefficient (Wildman–Crippen LogP) is 2.60. The van der Waals surface area contributed by atoms with Crippen molar-refractivity contribution >= 4 is 22.0 Å². The van der Waals surface area contributed by atoms with Gasteiger partial charge in [-0.1, -0.05) is 11.6 Å². The fraction of sp³-hybridized carbons (Fsp3) is 0.250. The first kappa shape index (κ1) is 18.7. The molecule has 0 aliphatic carbocycles. The number of phenolic OH excluding ortho intramolecular Hbond substituents is 1. The average Bonchev–Trinajstić information content (AvgIpc) is 2.98. The molecule has 0 fully saturated rings. The van der Waals surface area contributed by atoms with Gasteiger partial charge in [0.2, 0.25) is 0 Å². The lowest BCUT2D eigenvalue weighted by Gasteiger charge is -2.16. The van der Waals surface area contributed by atoms with Crippen LogP contribution in [0.25, 0.3) is 11.1 Å². The Morgan fingerprint density at radius 1 is 1.46 bits per heavy atom. The van der Waals surface area contributed by atoms with Gasteiger partial charge in [-0.25, -0.2) is 4.39 Å². The van der Waals surface area contributed by atoms with Gasteiger partial charge in [0, 0.05) is 40.2 Å². The molecule has 2 aromatic carbocycles. The van der Waals surface area contributed by atoms with Crippen LogP contribution in [-0.2, 0) is 16.8 Å². The van der Waals surface area contributed by atoms with Crippen LogP contribution in [-0.4, -0.2) is 30.7 Å². The number of hydrogen-bond donors (Lipinski definition) is 3. The van der Waals surface area contributed by atoms with Crippen molar-refractivity contribution in [2.24, 2.45) is 5.73 Å². The summed E-state index contributed by atoms with van der Waals surface area (Å²) in [5.41, 5.74) is 6.56. The molecule has 1 unspecified atom stereocenters. The molecular weight excluding hydrogens is 389 g/mol. The van der Waals surface area contributed by atoms with Crippen molar-refractivity contribution in [2.45, 2.75) is 19.4 Å². The van der Waals surface area contributed by atoms with Gasteiger partial charge in [-0.15, -0.1) is 0 Å². The fourth-order valence-electron chi connectivity index (χ4n) is 2.95. The highest BCUT2D eigenvalue weighted by atomic mass is 35.5. The van der Waals surface area contributed by atoms with Crippen molar-refractivity contribution in [3.8, 4) is 28.4 Å². The SMILES string of the molecule is Cc1c(OS(=O)(=O)O)ccc(Cl)c1-c1cc(F)c(O)c2c1OC(CN)C2. The van der Waals surface area contributed by atoms with Gasteiger partial charge in [0.1, 0.15) is 17.6 Å². The molecule has 10 heteroatoms. The lowest BCUT2D eigenvalue weighted by Crippen LogP contribution is -2.24. The number of halogens is 2. The fourth-order valence-corrected chi connectivity index (χ4v) is 3.66. The van der Waals surface area contributed by atoms with Crippen LogP contribution >= 0.6 is 11.6 Å². The van der Waals surface area contributed by atoms with E-state index in [0.717, 1.165) is 6.07 Å². The third-order valence-corrected chi connectivity index (χ3v) is 4.82. The Labute approximate surface area is 154 Å². The van der Waals surface area contributed by atoms with E-state index < -0.39 is 28.1 Å². The van der Waals surface area contributed by atoms with Crippen LogP contribution in [0.2, 0.25) is 5.02 Å². The smallest absolute Gasteiger partial charge is 0.446 e. The van der Waals surface area contributed by atoms with E-state index in [0.29, 0.717) is 0 Å². The molecule has 140 valence electrons. The monoisotopic (exact) mass is 403 g/mol. The minimum absolute atomic E-state index is 0.161. The largest absolute Gasteiger partial charge is 0.505 e. The van der Waals surface area contributed by atoms with Crippen LogP contribution in [0.15, 0.2) is 18.2 Å². The first-order chi connectivity index (χ1) is 12.1. The molecule has 4 N–H and O–H groups in total. The van der Waals surface area contributed by atoms with Gasteiger partial charge in [0.15, 0.2) is 11.6 Å². The molecule has 1 atom stereocenters. The molecule has 7 nitrogen and oxygen atoms in total. The second-order valence-electron chi connectivity index (χ2n) is 5.80. The molecule has 0 saturated carbocycles. The van der Waals surface area contributed by atoms with Gasteiger partial charge >= 0.3 is 10.4 Å². The molecule has 0 spiro atoms. The maximum absolute atomic E-state index is 14.2. The number of benzene rings is 2. The Balaban J connectivity index is 2.24. The first-order valence-corrected chi connectivity index (χ1v) is 9.24. The topological polar surface area (TPSA) is 119 Å². The molecule has 3 rings (SSSR count). The Bertz CT molecular complexity index is 995. The number of ether oxygens (including phenoxy) is 1. The number of aromatic hydroxyl groups is 1. The van der Waals surface area contributed by atoms with E-state index in [2.05, 4.69) is 4.18 Å². The Hall–Kier alpha value is -2.07. The van der Waals surface area contributed by atoms with Crippen molar-refractivity contribution < 1.29 is 31.4 Å². The van der Waals surface area contributed by atoms with Gasteiger partial charge in [0.25, 0.3) is 0 Å². The van der Waals surface area contributed by atoms with Crippen LogP contribution < -0.4 is 14.7 Å². The van der Waals surface area contributed by atoms with E-state index in [1.165, 1.54) is 19.1 Å². The highest BCUT2D eigenvalue weighted by molar-refractivity contribution is 7.81. The van der Waals surface area contributed by atoms with Crippen LogP contribution in [0, 0.1) is 12.7 Å². The number of phenols is 1. The Morgan fingerprint density at radius 3 is 2.77 bits per heavy atom. The van der Waals surface area contributed by atoms with Crippen LogP contribution in [0.1, 0.15) is 11.1 Å². The molecule has 2 aromatic rings. The maximum Gasteiger partial charge on any atom is 0.446 e. The van der Waals surface area contributed by atoms with Crippen molar-refractivity contribution in [2.75, 3.05) is 6.54 Å². The van der Waals surface area contributed by atoms with Gasteiger partial charge in [-0.2, -0.15) is 8.42 Å². The maximum atomic E-state index is 14.2. The lowest BCUT2D eigenvalue weighted by atomic mass is 9.95. The van der Waals surface area contributed by atoms with E-state index in [-0.39, 0.29) is 51.7 Å². The van der Waals surface area contributed by atoms with Gasteiger partial charge in [-0.3, -0.25) is 4.55 Å². The van der Waals surface area contributed by atoms with Gasteiger partial charge in [0.05, 0.1) is 0 Å². The Morgan fingerprint density at radius 2 is 2.15 bits per heavy atom. The van der Waals surface area contributed by atoms with E-state index in [1.807, 2.05) is 0 Å². The molecule has 1 aliphatic rings. The number of fused-ring (bicyclic) bond motifs is 1. The summed E-state index contributed by atoms with van der Waals surface area (Å²) in [7, 11) is -4.76. The molecule has 0 saturated heterocycles. The second kappa shape index (κ2) is 6.58. The zero-order valence-corrected chi connectivity index (χ0v) is 15.1. The summed E-state index contributed by atoms with van der Waals surface area (Å²) in [5.74, 6) is -1.37. The zero-order valence-electron chi connectivity index (χ0n) is 13.5. The van der Waals surface area contributed by atoms with Gasteiger partial charge in [-0.05, 0) is 25.1 Å². The first-order valence-electron chi connectivity index (χ1n) is 7.49. The number of rotatable bonds is 4. The highest BCUT2D eigenvalue weighted by Crippen LogP contribution is 2.48. The predicted molar refractivity (Wildman–Crippen MR) is 92.6 cm³/mol. The molecule has 0 radical (unpaired) electrons. The third kappa shape index (κ3) is 3.30. The summed E-state index contributed by atoms with van der Waals surface area (Å²) in [6, 6.07) is 3.64. The molecule has 1 heterocycles. The highest BCUT2D eigenvalue weighted by Gasteiger charge is 2.31. The molecule has 0 aromatic heterocycles. The van der Waals surface area contributed by atoms with Crippen molar-refractivity contribution in [3.05, 3.63) is 40.2 Å². The van der Waals surface area contributed by atoms with Crippen molar-refractivity contribution in [1.29, 1.82) is 0 Å². The molecule has 0 bridgehead atoms. The summed E-state index contributed by atoms with van der Waals surface area (Å²) >= 11 is 6.24. The van der Waals surface area contributed by atoms with Crippen molar-refractivity contribution in [3.63, 3.8) is 0 Å². The second-order valence-corrected chi connectivity index (χ2v) is 7.23. The van der Waals surface area contributed by atoms with E-state index in [9.17, 15) is 17.9 Å².